The highest BCUT2D eigenvalue weighted by atomic mass is 35.5. The number of carboxylic acid groups (broad SMARTS) is 1. The van der Waals surface area contributed by atoms with E-state index in [0.717, 1.165) is 22.0 Å². The predicted octanol–water partition coefficient (Wildman–Crippen LogP) is 6.05. The lowest BCUT2D eigenvalue weighted by atomic mass is 10.0. The van der Waals surface area contributed by atoms with Crippen molar-refractivity contribution in [1.82, 2.24) is 14.5 Å². The van der Waals surface area contributed by atoms with Crippen molar-refractivity contribution < 1.29 is 14.6 Å². The summed E-state index contributed by atoms with van der Waals surface area (Å²) in [5.41, 5.74) is 5.34. The predicted molar refractivity (Wildman–Crippen MR) is 126 cm³/mol. The lowest BCUT2D eigenvalue weighted by Crippen LogP contribution is -2.00. The van der Waals surface area contributed by atoms with Crippen molar-refractivity contribution in [1.29, 1.82) is 5.26 Å². The second-order valence-electron chi connectivity index (χ2n) is 7.77. The highest BCUT2D eigenvalue weighted by molar-refractivity contribution is 6.34. The summed E-state index contributed by atoms with van der Waals surface area (Å²) in [4.78, 5) is 18.9. The Balaban J connectivity index is 1.54. The third-order valence-electron chi connectivity index (χ3n) is 5.62. The van der Waals surface area contributed by atoms with Gasteiger partial charge in [-0.05, 0) is 54.4 Å². The van der Waals surface area contributed by atoms with Crippen LogP contribution in [-0.2, 0) is 7.05 Å². The van der Waals surface area contributed by atoms with E-state index in [2.05, 4.69) is 16.0 Å². The summed E-state index contributed by atoms with van der Waals surface area (Å²) in [6.45, 7) is 1.73. The van der Waals surface area contributed by atoms with Gasteiger partial charge in [0.2, 0.25) is 0 Å². The molecule has 0 amide bonds. The summed E-state index contributed by atoms with van der Waals surface area (Å²) in [5, 5.41) is 20.1. The molecule has 2 heterocycles. The topological polar surface area (TPSA) is 104 Å². The molecule has 0 bridgehead atoms. The first kappa shape index (κ1) is 20.6. The minimum absolute atomic E-state index is 0.169. The molecule has 5 rings (SSSR count). The summed E-state index contributed by atoms with van der Waals surface area (Å²) in [6.07, 6.45) is 1.80. The fraction of sp³-hybridized carbons (Fsp3) is 0.0800. The monoisotopic (exact) mass is 456 g/mol. The summed E-state index contributed by atoms with van der Waals surface area (Å²) in [5.74, 6) is -0.657. The number of hydrogen-bond acceptors (Lipinski definition) is 4. The fourth-order valence-electron chi connectivity index (χ4n) is 3.93. The Kier molecular flexibility index (Phi) is 4.81. The zero-order valence-corrected chi connectivity index (χ0v) is 18.4. The Labute approximate surface area is 193 Å². The number of H-pyrrole nitrogens is 1. The van der Waals surface area contributed by atoms with Crippen LogP contribution in [0, 0.1) is 18.3 Å². The highest BCUT2D eigenvalue weighted by Crippen LogP contribution is 2.35. The number of imidazole rings is 1. The van der Waals surface area contributed by atoms with E-state index in [0.29, 0.717) is 32.9 Å². The van der Waals surface area contributed by atoms with E-state index in [4.69, 9.17) is 16.3 Å². The molecular weight excluding hydrogens is 440 g/mol. The van der Waals surface area contributed by atoms with Crippen molar-refractivity contribution in [3.8, 4) is 29.0 Å². The van der Waals surface area contributed by atoms with E-state index in [1.54, 1.807) is 31.3 Å². The normalized spacial score (nSPS) is 11.1. The van der Waals surface area contributed by atoms with Crippen molar-refractivity contribution in [2.45, 2.75) is 6.92 Å². The number of hydrogen-bond donors (Lipinski definition) is 2. The van der Waals surface area contributed by atoms with E-state index in [9.17, 15) is 15.2 Å². The third-order valence-corrected chi connectivity index (χ3v) is 5.94. The van der Waals surface area contributed by atoms with Crippen LogP contribution in [0.3, 0.4) is 0 Å². The number of nitrogens with one attached hydrogen (secondary N) is 1. The standard InChI is InChI=1S/C25H17ClN4O3/c1-13-3-5-16(8-17(13)24(31)32)33-25-28-21-9-18(20(26)10-22(21)29-25)14-4-6-23-19(7-14)15(11-27)12-30(23)2/h3-10,12H,1-2H3,(H,28,29)(H,31,32). The van der Waals surface area contributed by atoms with Gasteiger partial charge >= 0.3 is 5.97 Å². The van der Waals surface area contributed by atoms with Gasteiger partial charge in [0, 0.05) is 29.7 Å². The number of rotatable bonds is 4. The molecule has 33 heavy (non-hydrogen) atoms. The maximum Gasteiger partial charge on any atom is 0.336 e. The smallest absolute Gasteiger partial charge is 0.336 e. The second kappa shape index (κ2) is 7.69. The van der Waals surface area contributed by atoms with E-state index in [1.165, 1.54) is 6.07 Å². The van der Waals surface area contributed by atoms with Gasteiger partial charge in [-0.25, -0.2) is 4.79 Å². The Hall–Kier alpha value is -4.28. The molecule has 162 valence electrons. The number of aromatic amines is 1. The van der Waals surface area contributed by atoms with E-state index >= 15 is 0 Å². The molecule has 0 atom stereocenters. The summed E-state index contributed by atoms with van der Waals surface area (Å²) in [6, 6.07) is 16.8. The molecule has 0 fully saturated rings. The molecule has 7 nitrogen and oxygen atoms in total. The summed E-state index contributed by atoms with van der Waals surface area (Å²) in [7, 11) is 1.90. The average Bonchev–Trinajstić information content (AvgIpc) is 3.33. The van der Waals surface area contributed by atoms with Crippen LogP contribution in [0.1, 0.15) is 21.5 Å². The van der Waals surface area contributed by atoms with Gasteiger partial charge in [0.15, 0.2) is 0 Å². The molecule has 2 aromatic heterocycles. The molecule has 0 unspecified atom stereocenters. The van der Waals surface area contributed by atoms with Crippen molar-refractivity contribution in [2.75, 3.05) is 0 Å². The Morgan fingerprint density at radius 2 is 2.03 bits per heavy atom. The highest BCUT2D eigenvalue weighted by Gasteiger charge is 2.14. The number of aromatic nitrogens is 3. The summed E-state index contributed by atoms with van der Waals surface area (Å²) >= 11 is 6.59. The Morgan fingerprint density at radius 1 is 1.21 bits per heavy atom. The van der Waals surface area contributed by atoms with Crippen LogP contribution in [0.4, 0.5) is 0 Å². The molecule has 3 aromatic carbocycles. The van der Waals surface area contributed by atoms with E-state index in [-0.39, 0.29) is 11.6 Å². The SMILES string of the molecule is Cc1ccc(Oc2nc3cc(-c4ccc5c(c4)c(C#N)cn5C)c(Cl)cc3[nH]2)cc1C(=O)O. The molecule has 0 radical (unpaired) electrons. The van der Waals surface area contributed by atoms with Gasteiger partial charge in [-0.15, -0.1) is 0 Å². The maximum atomic E-state index is 11.4. The van der Waals surface area contributed by atoms with Gasteiger partial charge in [0.05, 0.1) is 27.2 Å². The van der Waals surface area contributed by atoms with Crippen molar-refractivity contribution in [3.05, 3.63) is 76.4 Å². The quantitative estimate of drug-likeness (QED) is 0.343. The number of aromatic carboxylic acids is 1. The lowest BCUT2D eigenvalue weighted by Gasteiger charge is -2.06. The number of ether oxygens (including phenoxy) is 1. The van der Waals surface area contributed by atoms with Crippen LogP contribution >= 0.6 is 11.6 Å². The van der Waals surface area contributed by atoms with E-state index in [1.807, 2.05) is 35.9 Å². The number of halogens is 1. The van der Waals surface area contributed by atoms with Crippen molar-refractivity contribution >= 4 is 39.5 Å². The van der Waals surface area contributed by atoms with Crippen LogP contribution < -0.4 is 4.74 Å². The minimum atomic E-state index is -1.02. The van der Waals surface area contributed by atoms with Crippen LogP contribution in [0.15, 0.2) is 54.7 Å². The van der Waals surface area contributed by atoms with Gasteiger partial charge in [-0.1, -0.05) is 23.7 Å². The zero-order chi connectivity index (χ0) is 23.3. The number of benzene rings is 3. The Bertz CT molecular complexity index is 1620. The lowest BCUT2D eigenvalue weighted by molar-refractivity contribution is 0.0695. The molecule has 0 aliphatic carbocycles. The minimum Gasteiger partial charge on any atom is -0.478 e. The number of carboxylic acids is 1. The third kappa shape index (κ3) is 3.56. The molecule has 5 aromatic rings. The number of nitriles is 1. The van der Waals surface area contributed by atoms with Crippen LogP contribution in [0.2, 0.25) is 5.02 Å². The molecule has 0 saturated heterocycles. The number of carbonyl (C=O) groups is 1. The number of nitrogens with zero attached hydrogens (tertiary/aromatic N) is 3. The van der Waals surface area contributed by atoms with Gasteiger partial charge in [-0.3, -0.25) is 0 Å². The maximum absolute atomic E-state index is 11.4. The van der Waals surface area contributed by atoms with Gasteiger partial charge in [0.25, 0.3) is 6.01 Å². The molecule has 2 N–H and O–H groups in total. The van der Waals surface area contributed by atoms with Crippen molar-refractivity contribution in [2.24, 2.45) is 7.05 Å². The first-order valence-electron chi connectivity index (χ1n) is 10.0. The van der Waals surface area contributed by atoms with Gasteiger partial charge < -0.3 is 19.4 Å². The molecule has 0 aliphatic rings. The van der Waals surface area contributed by atoms with Gasteiger partial charge in [0.1, 0.15) is 11.8 Å². The molecular formula is C25H17ClN4O3. The van der Waals surface area contributed by atoms with Crippen molar-refractivity contribution in [3.63, 3.8) is 0 Å². The molecule has 8 heteroatoms. The zero-order valence-electron chi connectivity index (χ0n) is 17.7. The van der Waals surface area contributed by atoms with Crippen LogP contribution in [0.25, 0.3) is 33.1 Å². The molecule has 0 saturated carbocycles. The Morgan fingerprint density at radius 3 is 2.79 bits per heavy atom. The number of aryl methyl sites for hydroxylation is 2. The summed E-state index contributed by atoms with van der Waals surface area (Å²) < 4.78 is 7.69. The van der Waals surface area contributed by atoms with Crippen LogP contribution in [-0.4, -0.2) is 25.6 Å². The average molecular weight is 457 g/mol. The van der Waals surface area contributed by atoms with Crippen LogP contribution in [0.5, 0.6) is 11.8 Å². The molecule has 0 spiro atoms. The second-order valence-corrected chi connectivity index (χ2v) is 8.18. The van der Waals surface area contributed by atoms with Gasteiger partial charge in [-0.2, -0.15) is 10.2 Å². The number of fused-ring (bicyclic) bond motifs is 2. The van der Waals surface area contributed by atoms with E-state index < -0.39 is 5.97 Å². The fourth-order valence-corrected chi connectivity index (χ4v) is 4.20. The molecule has 0 aliphatic heterocycles. The largest absolute Gasteiger partial charge is 0.478 e. The first-order chi connectivity index (χ1) is 15.8. The first-order valence-corrected chi connectivity index (χ1v) is 10.4.